The molecule has 1 saturated heterocycles. The van der Waals surface area contributed by atoms with E-state index in [-0.39, 0.29) is 26.7 Å². The second-order valence-electron chi connectivity index (χ2n) is 8.42. The molecule has 1 fully saturated rings. The van der Waals surface area contributed by atoms with E-state index in [1.165, 1.54) is 25.3 Å². The van der Waals surface area contributed by atoms with Gasteiger partial charge < -0.3 is 14.6 Å². The number of nitrogens with zero attached hydrogens (tertiary/aromatic N) is 2. The summed E-state index contributed by atoms with van der Waals surface area (Å²) in [5.74, 6) is -3.16. The molecule has 4 rings (SSSR count). The zero-order chi connectivity index (χ0) is 26.9. The predicted molar refractivity (Wildman–Crippen MR) is 136 cm³/mol. The van der Waals surface area contributed by atoms with Crippen molar-refractivity contribution in [3.63, 3.8) is 0 Å². The summed E-state index contributed by atoms with van der Waals surface area (Å²) in [6.07, 6.45) is 0.821. The number of rotatable bonds is 7. The van der Waals surface area contributed by atoms with Gasteiger partial charge in [0.1, 0.15) is 28.2 Å². The fraction of sp³-hybridized carbons (Fsp3) is 0.259. The Bertz CT molecular complexity index is 1430. The highest BCUT2D eigenvalue weighted by Gasteiger charge is 2.49. The minimum Gasteiger partial charge on any atom is -0.507 e. The fourth-order valence-corrected chi connectivity index (χ4v) is 5.13. The van der Waals surface area contributed by atoms with E-state index in [0.717, 1.165) is 22.7 Å². The lowest BCUT2D eigenvalue weighted by atomic mass is 9.94. The number of aliphatic hydroxyl groups excluding tert-OH is 1. The first kappa shape index (κ1) is 26.0. The molecule has 1 N–H and O–H groups in total. The van der Waals surface area contributed by atoms with Gasteiger partial charge in [-0.2, -0.15) is 0 Å². The summed E-state index contributed by atoms with van der Waals surface area (Å²) in [7, 11) is 1.22. The average Bonchev–Trinajstić information content (AvgIpc) is 3.39. The highest BCUT2D eigenvalue weighted by atomic mass is 32.1. The van der Waals surface area contributed by atoms with Crippen molar-refractivity contribution >= 4 is 39.9 Å². The Balaban J connectivity index is 1.90. The van der Waals surface area contributed by atoms with E-state index in [1.54, 1.807) is 38.1 Å². The molecule has 1 atom stereocenters. The van der Waals surface area contributed by atoms with Crippen molar-refractivity contribution in [1.82, 2.24) is 4.98 Å². The number of ketones is 1. The molecule has 37 heavy (non-hydrogen) atoms. The quantitative estimate of drug-likeness (QED) is 0.198. The summed E-state index contributed by atoms with van der Waals surface area (Å²) < 4.78 is 25.5. The normalized spacial score (nSPS) is 16.8. The van der Waals surface area contributed by atoms with E-state index in [9.17, 15) is 19.5 Å². The van der Waals surface area contributed by atoms with E-state index in [2.05, 4.69) is 4.98 Å². The molecule has 1 aliphatic heterocycles. The third-order valence-corrected chi connectivity index (χ3v) is 7.05. The molecule has 0 spiro atoms. The van der Waals surface area contributed by atoms with Crippen LogP contribution in [0.4, 0.5) is 9.52 Å². The summed E-state index contributed by atoms with van der Waals surface area (Å²) in [5, 5.41) is 11.3. The number of methoxy groups -OCH3 is 1. The standard InChI is InChI=1S/C27H25FN2O6S/c1-5-12-36-19-11-10-16(13-14(19)2)22(31)20-21(17-8-6-7-9-18(17)28)30(25(33)23(20)32)27-29-15(3)24(37-27)26(34)35-4/h6-11,13,21,31H,5,12H2,1-4H3/t21-/m1/s1. The molecule has 10 heteroatoms. The molecular weight excluding hydrogens is 499 g/mol. The summed E-state index contributed by atoms with van der Waals surface area (Å²) in [6.45, 7) is 5.86. The largest absolute Gasteiger partial charge is 0.507 e. The molecule has 0 unspecified atom stereocenters. The molecule has 1 aromatic heterocycles. The first-order valence-corrected chi connectivity index (χ1v) is 12.4. The fourth-order valence-electron chi connectivity index (χ4n) is 4.11. The van der Waals surface area contributed by atoms with Gasteiger partial charge in [0.15, 0.2) is 5.13 Å². The molecule has 1 amide bonds. The second-order valence-corrected chi connectivity index (χ2v) is 9.40. The van der Waals surface area contributed by atoms with Crippen molar-refractivity contribution in [3.8, 4) is 5.75 Å². The summed E-state index contributed by atoms with van der Waals surface area (Å²) in [6, 6.07) is 9.24. The lowest BCUT2D eigenvalue weighted by Gasteiger charge is -2.23. The number of amides is 1. The van der Waals surface area contributed by atoms with Gasteiger partial charge in [-0.3, -0.25) is 14.5 Å². The van der Waals surface area contributed by atoms with Gasteiger partial charge in [-0.05, 0) is 50.1 Å². The van der Waals surface area contributed by atoms with Crippen LogP contribution in [0.25, 0.3) is 5.76 Å². The van der Waals surface area contributed by atoms with Crippen molar-refractivity contribution in [2.45, 2.75) is 33.2 Å². The predicted octanol–water partition coefficient (Wildman–Crippen LogP) is 5.10. The van der Waals surface area contributed by atoms with Crippen LogP contribution < -0.4 is 9.64 Å². The molecule has 2 heterocycles. The summed E-state index contributed by atoms with van der Waals surface area (Å²) in [4.78, 5) is 44.2. The van der Waals surface area contributed by atoms with Crippen molar-refractivity contribution < 1.29 is 33.4 Å². The number of halogens is 1. The number of ether oxygens (including phenoxy) is 2. The molecule has 0 bridgehead atoms. The van der Waals surface area contributed by atoms with Crippen LogP contribution in [0.1, 0.15) is 51.4 Å². The Kier molecular flexibility index (Phi) is 7.40. The lowest BCUT2D eigenvalue weighted by molar-refractivity contribution is -0.132. The number of carbonyl (C=O) groups is 3. The average molecular weight is 525 g/mol. The second kappa shape index (κ2) is 10.5. The number of anilines is 1. The number of thiazole rings is 1. The van der Waals surface area contributed by atoms with Gasteiger partial charge in [0, 0.05) is 11.1 Å². The zero-order valence-electron chi connectivity index (χ0n) is 20.7. The van der Waals surface area contributed by atoms with Crippen LogP contribution in [0.15, 0.2) is 48.0 Å². The zero-order valence-corrected chi connectivity index (χ0v) is 21.5. The van der Waals surface area contributed by atoms with Crippen LogP contribution in [0.3, 0.4) is 0 Å². The smallest absolute Gasteiger partial charge is 0.350 e. The Labute approximate surface area is 217 Å². The van der Waals surface area contributed by atoms with Crippen molar-refractivity contribution in [1.29, 1.82) is 0 Å². The van der Waals surface area contributed by atoms with Gasteiger partial charge in [0.2, 0.25) is 0 Å². The minimum absolute atomic E-state index is 0.00431. The van der Waals surface area contributed by atoms with Gasteiger partial charge in [-0.25, -0.2) is 14.2 Å². The number of Topliss-reactive ketones (excluding diaryl/α,β-unsaturated/α-hetero) is 1. The summed E-state index contributed by atoms with van der Waals surface area (Å²) >= 11 is 0.845. The Morgan fingerprint density at radius 1 is 1.19 bits per heavy atom. The highest BCUT2D eigenvalue weighted by Crippen LogP contribution is 2.44. The molecule has 1 aliphatic rings. The molecule has 2 aromatic carbocycles. The third-order valence-electron chi connectivity index (χ3n) is 5.92. The van der Waals surface area contributed by atoms with E-state index in [4.69, 9.17) is 9.47 Å². The van der Waals surface area contributed by atoms with E-state index < -0.39 is 35.3 Å². The maximum atomic E-state index is 15.1. The van der Waals surface area contributed by atoms with Crippen molar-refractivity contribution in [2.75, 3.05) is 18.6 Å². The van der Waals surface area contributed by atoms with Crippen LogP contribution in [-0.4, -0.2) is 41.5 Å². The van der Waals surface area contributed by atoms with Crippen LogP contribution in [0.5, 0.6) is 5.75 Å². The van der Waals surface area contributed by atoms with E-state index in [0.29, 0.717) is 23.6 Å². The first-order chi connectivity index (χ1) is 17.7. The number of aromatic nitrogens is 1. The van der Waals surface area contributed by atoms with Gasteiger partial charge in [0.25, 0.3) is 5.78 Å². The molecule has 3 aromatic rings. The number of aryl methyl sites for hydroxylation is 2. The van der Waals surface area contributed by atoms with Crippen LogP contribution in [0.2, 0.25) is 0 Å². The number of esters is 1. The van der Waals surface area contributed by atoms with Gasteiger partial charge in [0.05, 0.1) is 25.0 Å². The lowest BCUT2D eigenvalue weighted by Crippen LogP contribution is -2.29. The third kappa shape index (κ3) is 4.72. The Hall–Kier alpha value is -4.05. The van der Waals surface area contributed by atoms with Crippen LogP contribution in [0, 0.1) is 19.7 Å². The van der Waals surface area contributed by atoms with Crippen LogP contribution in [-0.2, 0) is 14.3 Å². The monoisotopic (exact) mass is 524 g/mol. The Morgan fingerprint density at radius 2 is 1.92 bits per heavy atom. The molecule has 192 valence electrons. The van der Waals surface area contributed by atoms with Gasteiger partial charge in [-0.15, -0.1) is 0 Å². The summed E-state index contributed by atoms with van der Waals surface area (Å²) in [5.41, 5.74) is 0.984. The van der Waals surface area contributed by atoms with Crippen molar-refractivity contribution in [2.24, 2.45) is 0 Å². The number of carbonyl (C=O) groups excluding carboxylic acids is 3. The topological polar surface area (TPSA) is 106 Å². The maximum absolute atomic E-state index is 15.1. The molecule has 0 radical (unpaired) electrons. The van der Waals surface area contributed by atoms with Crippen LogP contribution >= 0.6 is 11.3 Å². The van der Waals surface area contributed by atoms with E-state index in [1.807, 2.05) is 6.92 Å². The van der Waals surface area contributed by atoms with Crippen molar-refractivity contribution in [3.05, 3.63) is 81.1 Å². The number of benzene rings is 2. The SMILES string of the molecule is CCCOc1ccc(C(O)=C2C(=O)C(=O)N(c3nc(C)c(C(=O)OC)s3)[C@@H]2c2ccccc2F)cc1C. The highest BCUT2D eigenvalue weighted by molar-refractivity contribution is 7.17. The number of hydrogen-bond acceptors (Lipinski definition) is 8. The molecule has 0 aliphatic carbocycles. The first-order valence-electron chi connectivity index (χ1n) is 11.5. The van der Waals surface area contributed by atoms with E-state index >= 15 is 4.39 Å². The molecule has 0 saturated carbocycles. The number of hydrogen-bond donors (Lipinski definition) is 1. The minimum atomic E-state index is -1.31. The maximum Gasteiger partial charge on any atom is 0.350 e. The van der Waals surface area contributed by atoms with Gasteiger partial charge >= 0.3 is 11.9 Å². The molecule has 8 nitrogen and oxygen atoms in total. The molecular formula is C27H25FN2O6S. The number of aliphatic hydroxyl groups is 1. The van der Waals surface area contributed by atoms with Gasteiger partial charge in [-0.1, -0.05) is 36.5 Å². The Morgan fingerprint density at radius 3 is 2.57 bits per heavy atom.